The molecule has 0 aliphatic carbocycles. The third-order valence-corrected chi connectivity index (χ3v) is 5.20. The number of rotatable bonds is 21. The fourth-order valence-corrected chi connectivity index (χ4v) is 3.34. The van der Waals surface area contributed by atoms with Crippen LogP contribution in [0.3, 0.4) is 0 Å². The normalized spacial score (nSPS) is 11.6. The van der Waals surface area contributed by atoms with E-state index in [0.29, 0.717) is 6.61 Å². The average Bonchev–Trinajstić information content (AvgIpc) is 2.70. The van der Waals surface area contributed by atoms with Crippen LogP contribution in [0, 0.1) is 0 Å². The van der Waals surface area contributed by atoms with Gasteiger partial charge >= 0.3 is 5.97 Å². The third-order valence-electron chi connectivity index (χ3n) is 5.20. The Morgan fingerprint density at radius 2 is 1.07 bits per heavy atom. The number of hydrogen-bond donors (Lipinski definition) is 0. The van der Waals surface area contributed by atoms with Gasteiger partial charge in [-0.1, -0.05) is 128 Å². The van der Waals surface area contributed by atoms with Crippen molar-refractivity contribution < 1.29 is 9.53 Å². The maximum absolute atomic E-state index is 11.6. The van der Waals surface area contributed by atoms with E-state index in [4.69, 9.17) is 4.74 Å². The van der Waals surface area contributed by atoms with Gasteiger partial charge in [-0.25, -0.2) is 4.79 Å². The fraction of sp³-hybridized carbons (Fsp3) is 0.808. The van der Waals surface area contributed by atoms with Gasteiger partial charge in [0.25, 0.3) is 0 Å². The predicted octanol–water partition coefficient (Wildman–Crippen LogP) is 8.70. The fourth-order valence-electron chi connectivity index (χ4n) is 3.34. The molecular weight excluding hydrogens is 344 g/mol. The Hall–Kier alpha value is -1.05. The van der Waals surface area contributed by atoms with Crippen molar-refractivity contribution in [1.82, 2.24) is 0 Å². The molecule has 0 saturated carbocycles. The molecule has 0 rings (SSSR count). The van der Waals surface area contributed by atoms with Crippen LogP contribution in [-0.2, 0) is 9.53 Å². The molecule has 0 N–H and O–H groups in total. The molecule has 0 fully saturated rings. The Kier molecular flexibility index (Phi) is 23.1. The predicted molar refractivity (Wildman–Crippen MR) is 124 cm³/mol. The number of unbranched alkanes of at least 4 members (excludes halogenated alkanes) is 16. The molecule has 0 aliphatic heterocycles. The van der Waals surface area contributed by atoms with Crippen LogP contribution in [0.15, 0.2) is 24.3 Å². The molecule has 2 heteroatoms. The van der Waals surface area contributed by atoms with Gasteiger partial charge in [0.2, 0.25) is 0 Å². The molecule has 164 valence electrons. The van der Waals surface area contributed by atoms with E-state index in [1.807, 2.05) is 12.2 Å². The second-order valence-corrected chi connectivity index (χ2v) is 8.05. The van der Waals surface area contributed by atoms with E-state index in [-0.39, 0.29) is 5.97 Å². The lowest BCUT2D eigenvalue weighted by Crippen LogP contribution is -2.02. The standard InChI is InChI=1S/C26H48O2/c1-3-5-7-9-11-13-14-15-16-17-18-20-22-24-26(27)28-25-23-21-19-12-10-8-6-4-2/h18,20,22,24H,3-17,19,21,23,25H2,1-2H3. The van der Waals surface area contributed by atoms with Crippen LogP contribution < -0.4 is 0 Å². The number of hydrogen-bond acceptors (Lipinski definition) is 2. The molecule has 0 amide bonds. The van der Waals surface area contributed by atoms with Gasteiger partial charge in [0.05, 0.1) is 6.61 Å². The maximum Gasteiger partial charge on any atom is 0.330 e. The first-order valence-corrected chi connectivity index (χ1v) is 12.3. The summed E-state index contributed by atoms with van der Waals surface area (Å²) in [6, 6.07) is 0. The molecule has 0 heterocycles. The smallest absolute Gasteiger partial charge is 0.330 e. The van der Waals surface area contributed by atoms with Gasteiger partial charge in [0, 0.05) is 6.08 Å². The van der Waals surface area contributed by atoms with Gasteiger partial charge in [-0.15, -0.1) is 0 Å². The Bertz CT molecular complexity index is 371. The Balaban J connectivity index is 3.33. The highest BCUT2D eigenvalue weighted by molar-refractivity contribution is 5.82. The van der Waals surface area contributed by atoms with Crippen molar-refractivity contribution in [2.45, 2.75) is 129 Å². The summed E-state index contributed by atoms with van der Waals surface area (Å²) < 4.78 is 5.23. The highest BCUT2D eigenvalue weighted by atomic mass is 16.5. The molecule has 0 unspecified atom stereocenters. The van der Waals surface area contributed by atoms with Crippen molar-refractivity contribution >= 4 is 5.97 Å². The largest absolute Gasteiger partial charge is 0.463 e. The second kappa shape index (κ2) is 24.0. The first kappa shape index (κ1) is 27.0. The van der Waals surface area contributed by atoms with Crippen molar-refractivity contribution in [1.29, 1.82) is 0 Å². The lowest BCUT2D eigenvalue weighted by Gasteiger charge is -2.02. The lowest BCUT2D eigenvalue weighted by molar-refractivity contribution is -0.137. The molecule has 0 radical (unpaired) electrons. The lowest BCUT2D eigenvalue weighted by atomic mass is 10.1. The van der Waals surface area contributed by atoms with Crippen LogP contribution in [0.2, 0.25) is 0 Å². The first-order chi connectivity index (χ1) is 13.8. The summed E-state index contributed by atoms with van der Waals surface area (Å²) in [5, 5.41) is 0. The van der Waals surface area contributed by atoms with E-state index in [2.05, 4.69) is 19.9 Å². The molecule has 28 heavy (non-hydrogen) atoms. The summed E-state index contributed by atoms with van der Waals surface area (Å²) >= 11 is 0. The monoisotopic (exact) mass is 392 g/mol. The summed E-state index contributed by atoms with van der Waals surface area (Å²) in [4.78, 5) is 11.6. The quantitative estimate of drug-likeness (QED) is 0.0844. The number of esters is 1. The third kappa shape index (κ3) is 23.0. The number of carbonyl (C=O) groups is 1. The van der Waals surface area contributed by atoms with Gasteiger partial charge in [-0.3, -0.25) is 0 Å². The Morgan fingerprint density at radius 3 is 1.61 bits per heavy atom. The van der Waals surface area contributed by atoms with E-state index >= 15 is 0 Å². The van der Waals surface area contributed by atoms with Gasteiger partial charge in [0.1, 0.15) is 0 Å². The van der Waals surface area contributed by atoms with Crippen LogP contribution in [0.4, 0.5) is 0 Å². The topological polar surface area (TPSA) is 26.3 Å². The zero-order valence-electron chi connectivity index (χ0n) is 19.1. The molecule has 0 atom stereocenters. The maximum atomic E-state index is 11.6. The summed E-state index contributed by atoms with van der Waals surface area (Å²) in [6.07, 6.45) is 31.0. The van der Waals surface area contributed by atoms with E-state index in [1.165, 1.54) is 109 Å². The molecule has 0 aromatic carbocycles. The minimum Gasteiger partial charge on any atom is -0.463 e. The number of ether oxygens (including phenoxy) is 1. The average molecular weight is 393 g/mol. The van der Waals surface area contributed by atoms with E-state index in [0.717, 1.165) is 12.8 Å². The van der Waals surface area contributed by atoms with Crippen LogP contribution in [-0.4, -0.2) is 12.6 Å². The molecule has 0 aliphatic rings. The van der Waals surface area contributed by atoms with Crippen LogP contribution >= 0.6 is 0 Å². The van der Waals surface area contributed by atoms with Crippen molar-refractivity contribution in [3.63, 3.8) is 0 Å². The molecule has 0 saturated heterocycles. The highest BCUT2D eigenvalue weighted by Crippen LogP contribution is 2.11. The van der Waals surface area contributed by atoms with Gasteiger partial charge < -0.3 is 4.74 Å². The summed E-state index contributed by atoms with van der Waals surface area (Å²) in [6.45, 7) is 5.07. The molecule has 0 spiro atoms. The van der Waals surface area contributed by atoms with Crippen LogP contribution in [0.1, 0.15) is 129 Å². The molecule has 0 aromatic heterocycles. The Labute approximate surface area is 176 Å². The summed E-state index contributed by atoms with van der Waals surface area (Å²) in [5.74, 6) is -0.212. The van der Waals surface area contributed by atoms with Gasteiger partial charge in [-0.05, 0) is 19.3 Å². The van der Waals surface area contributed by atoms with Crippen molar-refractivity contribution in [2.75, 3.05) is 6.61 Å². The van der Waals surface area contributed by atoms with Crippen LogP contribution in [0.5, 0.6) is 0 Å². The number of allylic oxidation sites excluding steroid dienone is 3. The van der Waals surface area contributed by atoms with Crippen molar-refractivity contribution in [2.24, 2.45) is 0 Å². The summed E-state index contributed by atoms with van der Waals surface area (Å²) in [7, 11) is 0. The first-order valence-electron chi connectivity index (χ1n) is 12.3. The van der Waals surface area contributed by atoms with Crippen LogP contribution in [0.25, 0.3) is 0 Å². The van der Waals surface area contributed by atoms with Crippen molar-refractivity contribution in [3.05, 3.63) is 24.3 Å². The molecule has 0 aromatic rings. The Morgan fingerprint density at radius 1 is 0.607 bits per heavy atom. The van der Waals surface area contributed by atoms with E-state index < -0.39 is 0 Å². The van der Waals surface area contributed by atoms with E-state index in [9.17, 15) is 4.79 Å². The molecule has 2 nitrogen and oxygen atoms in total. The molecular formula is C26H48O2. The van der Waals surface area contributed by atoms with Gasteiger partial charge in [0.15, 0.2) is 0 Å². The van der Waals surface area contributed by atoms with Crippen molar-refractivity contribution in [3.8, 4) is 0 Å². The minimum absolute atomic E-state index is 0.212. The number of carbonyl (C=O) groups excluding carboxylic acids is 1. The zero-order chi connectivity index (χ0) is 20.5. The SMILES string of the molecule is CCCCCCCCCCCC=CC=CC(=O)OCCCCCCCCCC. The van der Waals surface area contributed by atoms with Gasteiger partial charge in [-0.2, -0.15) is 0 Å². The van der Waals surface area contributed by atoms with E-state index in [1.54, 1.807) is 0 Å². The second-order valence-electron chi connectivity index (χ2n) is 8.05. The summed E-state index contributed by atoms with van der Waals surface area (Å²) in [5.41, 5.74) is 0. The molecule has 0 bridgehead atoms. The highest BCUT2D eigenvalue weighted by Gasteiger charge is 1.96. The minimum atomic E-state index is -0.212. The zero-order valence-corrected chi connectivity index (χ0v) is 19.1.